The number of fused-ring (bicyclic) bond motifs is 1. The summed E-state index contributed by atoms with van der Waals surface area (Å²) in [6.45, 7) is 1.55. The first kappa shape index (κ1) is 12.4. The number of nitrogens with zero attached hydrogens (tertiary/aromatic N) is 1. The Bertz CT molecular complexity index is 697. The SMILES string of the molecule is Fc1ccc(-c2nc(=S)c3c([nH]2)CCNC3)cc1F. The molecular formula is C13H11F2N3S. The molecule has 0 atom stereocenters. The molecule has 0 amide bonds. The van der Waals surface area contributed by atoms with Gasteiger partial charge in [-0.25, -0.2) is 13.8 Å². The minimum Gasteiger partial charge on any atom is -0.343 e. The molecule has 3 rings (SSSR count). The molecule has 1 aromatic heterocycles. The van der Waals surface area contributed by atoms with E-state index in [-0.39, 0.29) is 0 Å². The molecule has 0 saturated heterocycles. The highest BCUT2D eigenvalue weighted by molar-refractivity contribution is 7.71. The van der Waals surface area contributed by atoms with Gasteiger partial charge in [0, 0.05) is 36.3 Å². The first-order valence-electron chi connectivity index (χ1n) is 5.93. The zero-order chi connectivity index (χ0) is 13.4. The lowest BCUT2D eigenvalue weighted by atomic mass is 10.1. The van der Waals surface area contributed by atoms with Gasteiger partial charge in [0.25, 0.3) is 0 Å². The van der Waals surface area contributed by atoms with Crippen LogP contribution in [0.5, 0.6) is 0 Å². The molecule has 2 N–H and O–H groups in total. The first-order valence-corrected chi connectivity index (χ1v) is 6.34. The van der Waals surface area contributed by atoms with Crippen molar-refractivity contribution in [1.82, 2.24) is 15.3 Å². The molecule has 0 spiro atoms. The third kappa shape index (κ3) is 2.29. The second-order valence-corrected chi connectivity index (χ2v) is 4.79. The zero-order valence-corrected chi connectivity index (χ0v) is 10.8. The van der Waals surface area contributed by atoms with E-state index < -0.39 is 11.6 Å². The Hall–Kier alpha value is -1.66. The van der Waals surface area contributed by atoms with Crippen LogP contribution in [0.4, 0.5) is 8.78 Å². The summed E-state index contributed by atoms with van der Waals surface area (Å²) in [5.74, 6) is -1.29. The molecular weight excluding hydrogens is 268 g/mol. The van der Waals surface area contributed by atoms with Crippen LogP contribution < -0.4 is 5.32 Å². The highest BCUT2D eigenvalue weighted by Crippen LogP contribution is 2.21. The van der Waals surface area contributed by atoms with Crippen molar-refractivity contribution in [3.05, 3.63) is 45.7 Å². The number of hydrogen-bond acceptors (Lipinski definition) is 3. The Labute approximate surface area is 113 Å². The highest BCUT2D eigenvalue weighted by Gasteiger charge is 2.14. The van der Waals surface area contributed by atoms with Crippen LogP contribution in [0.2, 0.25) is 0 Å². The number of halogens is 2. The third-order valence-corrected chi connectivity index (χ3v) is 3.49. The predicted molar refractivity (Wildman–Crippen MR) is 70.2 cm³/mol. The van der Waals surface area contributed by atoms with Gasteiger partial charge >= 0.3 is 0 Å². The lowest BCUT2D eigenvalue weighted by Gasteiger charge is -2.17. The molecule has 3 nitrogen and oxygen atoms in total. The molecule has 0 aliphatic carbocycles. The number of nitrogens with one attached hydrogen (secondary N) is 2. The number of aromatic amines is 1. The maximum Gasteiger partial charge on any atom is 0.159 e. The zero-order valence-electron chi connectivity index (χ0n) is 9.96. The minimum absolute atomic E-state index is 0.476. The summed E-state index contributed by atoms with van der Waals surface area (Å²) >= 11 is 5.25. The van der Waals surface area contributed by atoms with Crippen LogP contribution in [0.25, 0.3) is 11.4 Å². The second kappa shape index (κ2) is 4.79. The van der Waals surface area contributed by atoms with E-state index in [0.717, 1.165) is 36.4 Å². The maximum absolute atomic E-state index is 13.3. The lowest BCUT2D eigenvalue weighted by Crippen LogP contribution is -2.25. The summed E-state index contributed by atoms with van der Waals surface area (Å²) in [5, 5.41) is 3.22. The Balaban J connectivity index is 2.12. The fourth-order valence-corrected chi connectivity index (χ4v) is 2.43. The van der Waals surface area contributed by atoms with Gasteiger partial charge in [-0.05, 0) is 18.2 Å². The van der Waals surface area contributed by atoms with Crippen molar-refractivity contribution < 1.29 is 8.78 Å². The summed E-state index contributed by atoms with van der Waals surface area (Å²) in [7, 11) is 0. The fourth-order valence-electron chi connectivity index (χ4n) is 2.15. The van der Waals surface area contributed by atoms with Crippen LogP contribution in [-0.2, 0) is 13.0 Å². The van der Waals surface area contributed by atoms with E-state index in [0.29, 0.717) is 22.6 Å². The Morgan fingerprint density at radius 3 is 2.84 bits per heavy atom. The quantitative estimate of drug-likeness (QED) is 0.789. The molecule has 2 aromatic rings. The van der Waals surface area contributed by atoms with Crippen LogP contribution in [-0.4, -0.2) is 16.5 Å². The predicted octanol–water partition coefficient (Wildman–Crippen LogP) is 2.73. The molecule has 19 heavy (non-hydrogen) atoms. The number of benzene rings is 1. The summed E-state index contributed by atoms with van der Waals surface area (Å²) < 4.78 is 26.7. The van der Waals surface area contributed by atoms with Gasteiger partial charge < -0.3 is 10.3 Å². The highest BCUT2D eigenvalue weighted by atomic mass is 32.1. The van der Waals surface area contributed by atoms with E-state index >= 15 is 0 Å². The molecule has 0 saturated carbocycles. The molecule has 0 bridgehead atoms. The molecule has 98 valence electrons. The Morgan fingerprint density at radius 1 is 1.21 bits per heavy atom. The van der Waals surface area contributed by atoms with Crippen molar-refractivity contribution in [1.29, 1.82) is 0 Å². The van der Waals surface area contributed by atoms with Crippen molar-refractivity contribution >= 4 is 12.2 Å². The molecule has 0 radical (unpaired) electrons. The Kier molecular flexibility index (Phi) is 3.12. The monoisotopic (exact) mass is 279 g/mol. The molecule has 1 aliphatic heterocycles. The van der Waals surface area contributed by atoms with Crippen LogP contribution in [0, 0.1) is 16.3 Å². The number of H-pyrrole nitrogens is 1. The molecule has 6 heteroatoms. The second-order valence-electron chi connectivity index (χ2n) is 4.40. The normalized spacial score (nSPS) is 14.2. The van der Waals surface area contributed by atoms with Crippen LogP contribution in [0.1, 0.15) is 11.3 Å². The van der Waals surface area contributed by atoms with E-state index in [2.05, 4.69) is 15.3 Å². The van der Waals surface area contributed by atoms with Crippen molar-refractivity contribution in [3.8, 4) is 11.4 Å². The number of hydrogen-bond donors (Lipinski definition) is 2. The van der Waals surface area contributed by atoms with Crippen molar-refractivity contribution in [2.24, 2.45) is 0 Å². The van der Waals surface area contributed by atoms with E-state index in [4.69, 9.17) is 12.2 Å². The molecule has 0 fully saturated rings. The summed E-state index contributed by atoms with van der Waals surface area (Å²) in [5.41, 5.74) is 2.48. The molecule has 1 aliphatic rings. The van der Waals surface area contributed by atoms with Gasteiger partial charge in [0.05, 0.1) is 0 Å². The lowest BCUT2D eigenvalue weighted by molar-refractivity contribution is 0.509. The minimum atomic E-state index is -0.891. The topological polar surface area (TPSA) is 40.7 Å². The number of aromatic nitrogens is 2. The number of rotatable bonds is 1. The molecule has 0 unspecified atom stereocenters. The van der Waals surface area contributed by atoms with Crippen molar-refractivity contribution in [3.63, 3.8) is 0 Å². The van der Waals surface area contributed by atoms with Gasteiger partial charge in [-0.1, -0.05) is 12.2 Å². The average molecular weight is 279 g/mol. The standard InChI is InChI=1S/C13H11F2N3S/c14-9-2-1-7(5-10(9)15)12-17-11-3-4-16-6-8(11)13(19)18-12/h1-2,5,16H,3-4,6H2,(H,17,18,19). The van der Waals surface area contributed by atoms with E-state index in [1.54, 1.807) is 0 Å². The van der Waals surface area contributed by atoms with Crippen LogP contribution >= 0.6 is 12.2 Å². The van der Waals surface area contributed by atoms with Gasteiger partial charge in [-0.15, -0.1) is 0 Å². The van der Waals surface area contributed by atoms with E-state index in [1.165, 1.54) is 6.07 Å². The molecule has 1 aromatic carbocycles. The average Bonchev–Trinajstić information content (AvgIpc) is 2.42. The van der Waals surface area contributed by atoms with E-state index in [9.17, 15) is 8.78 Å². The smallest absolute Gasteiger partial charge is 0.159 e. The first-order chi connectivity index (χ1) is 9.15. The summed E-state index contributed by atoms with van der Waals surface area (Å²) in [6.07, 6.45) is 0.818. The summed E-state index contributed by atoms with van der Waals surface area (Å²) in [6, 6.07) is 3.69. The van der Waals surface area contributed by atoms with Crippen molar-refractivity contribution in [2.45, 2.75) is 13.0 Å². The van der Waals surface area contributed by atoms with Crippen LogP contribution in [0.3, 0.4) is 0 Å². The fraction of sp³-hybridized carbons (Fsp3) is 0.231. The van der Waals surface area contributed by atoms with Crippen LogP contribution in [0.15, 0.2) is 18.2 Å². The summed E-state index contributed by atoms with van der Waals surface area (Å²) in [4.78, 5) is 7.42. The van der Waals surface area contributed by atoms with Crippen molar-refractivity contribution in [2.75, 3.05) is 6.54 Å². The Morgan fingerprint density at radius 2 is 2.05 bits per heavy atom. The van der Waals surface area contributed by atoms with Gasteiger partial charge in [0.2, 0.25) is 0 Å². The largest absolute Gasteiger partial charge is 0.343 e. The molecule has 2 heterocycles. The van der Waals surface area contributed by atoms with E-state index in [1.807, 2.05) is 0 Å². The van der Waals surface area contributed by atoms with Gasteiger partial charge in [0.15, 0.2) is 11.6 Å². The van der Waals surface area contributed by atoms with Gasteiger partial charge in [-0.3, -0.25) is 0 Å². The van der Waals surface area contributed by atoms with Gasteiger partial charge in [-0.2, -0.15) is 0 Å². The third-order valence-electron chi connectivity index (χ3n) is 3.15. The van der Waals surface area contributed by atoms with Gasteiger partial charge in [0.1, 0.15) is 10.5 Å². The maximum atomic E-state index is 13.3.